The Morgan fingerprint density at radius 1 is 0.720 bits per heavy atom. The van der Waals surface area contributed by atoms with E-state index in [4.69, 9.17) is 0 Å². The number of hydrogen-bond donors (Lipinski definition) is 1. The van der Waals surface area contributed by atoms with Crippen molar-refractivity contribution < 1.29 is 0 Å². The van der Waals surface area contributed by atoms with Crippen LogP contribution < -0.4 is 21.2 Å². The van der Waals surface area contributed by atoms with E-state index in [1.54, 1.807) is 11.8 Å². The van der Waals surface area contributed by atoms with Crippen LogP contribution in [-0.4, -0.2) is 13.3 Å². The monoisotopic (exact) mass is 364 g/mol. The molecule has 0 aliphatic rings. The maximum absolute atomic E-state index is 3.37. The van der Waals surface area contributed by atoms with Crippen LogP contribution in [0.4, 0.5) is 0 Å². The van der Waals surface area contributed by atoms with Gasteiger partial charge in [-0.3, -0.25) is 0 Å². The Morgan fingerprint density at radius 2 is 1.08 bits per heavy atom. The van der Waals surface area contributed by atoms with Gasteiger partial charge in [-0.2, -0.15) is 0 Å². The smallest absolute Gasteiger partial charge is 0.139 e. The first-order valence-electron chi connectivity index (χ1n) is 8.31. The van der Waals surface area contributed by atoms with Crippen molar-refractivity contribution in [1.29, 1.82) is 0 Å². The van der Waals surface area contributed by atoms with E-state index in [1.807, 2.05) is 7.05 Å². The van der Waals surface area contributed by atoms with Gasteiger partial charge in [0.15, 0.2) is 0 Å². The molecule has 3 aromatic carbocycles. The summed E-state index contributed by atoms with van der Waals surface area (Å²) in [5, 5.41) is 8.68. The molecule has 126 valence electrons. The highest BCUT2D eigenvalue weighted by atomic mass is 32.2. The molecule has 0 heterocycles. The molecule has 3 heteroatoms. The van der Waals surface area contributed by atoms with E-state index in [0.717, 1.165) is 0 Å². The van der Waals surface area contributed by atoms with Crippen LogP contribution in [0.1, 0.15) is 0 Å². The van der Waals surface area contributed by atoms with Crippen LogP contribution in [0, 0.1) is 0 Å². The second kappa shape index (κ2) is 8.38. The lowest BCUT2D eigenvalue weighted by atomic mass is 10.4. The lowest BCUT2D eigenvalue weighted by Gasteiger charge is -2.25. The van der Waals surface area contributed by atoms with Gasteiger partial charge in [-0.1, -0.05) is 54.6 Å². The van der Waals surface area contributed by atoms with Crippen molar-refractivity contribution in [2.24, 2.45) is 0 Å². The summed E-state index contributed by atoms with van der Waals surface area (Å²) in [5.41, 5.74) is 0. The van der Waals surface area contributed by atoms with Gasteiger partial charge < -0.3 is 5.32 Å². The Balaban J connectivity index is 2.38. The first-order chi connectivity index (χ1) is 12.3. The molecule has 0 bridgehead atoms. The number of thioether (sulfide) groups is 1. The summed E-state index contributed by atoms with van der Waals surface area (Å²) in [6.07, 6.45) is 2.12. The van der Waals surface area contributed by atoms with Gasteiger partial charge in [0.2, 0.25) is 0 Å². The van der Waals surface area contributed by atoms with Crippen LogP contribution in [0.5, 0.6) is 0 Å². The third-order valence-electron chi connectivity index (χ3n) is 4.27. The molecule has 1 nitrogen and oxygen atoms in total. The molecule has 3 rings (SSSR count). The second-order valence-corrected chi connectivity index (χ2v) is 9.78. The van der Waals surface area contributed by atoms with Crippen molar-refractivity contribution in [2.45, 2.75) is 0 Å². The van der Waals surface area contributed by atoms with E-state index in [1.165, 1.54) is 20.9 Å². The summed E-state index contributed by atoms with van der Waals surface area (Å²) in [6, 6.07) is 32.7. The minimum absolute atomic E-state index is 1.20. The Bertz CT molecular complexity index is 714. The molecule has 0 fully saturated rings. The third kappa shape index (κ3) is 3.66. The second-order valence-electron chi connectivity index (χ2n) is 5.68. The maximum atomic E-state index is 3.37. The summed E-state index contributed by atoms with van der Waals surface area (Å²) in [7, 11) is 0.110. The van der Waals surface area contributed by atoms with Crippen LogP contribution in [-0.2, 0) is 0 Å². The standard InChI is InChI=1S/C22H23NPS/c1-23-22(25-2)18-24(19-12-6-3-7-13-19,20-14-8-4-9-15-20)21-16-10-5-11-17-21/h3-18,23H,1-2H3/q+1/b22-18+. The molecule has 0 saturated heterocycles. The molecule has 0 radical (unpaired) electrons. The zero-order chi connectivity index (χ0) is 17.5. The zero-order valence-corrected chi connectivity index (χ0v) is 16.3. The zero-order valence-electron chi connectivity index (χ0n) is 14.6. The normalized spacial score (nSPS) is 12.0. The van der Waals surface area contributed by atoms with Crippen molar-refractivity contribution in [3.05, 3.63) is 102 Å². The highest BCUT2D eigenvalue weighted by Crippen LogP contribution is 2.57. The molecule has 0 saturated carbocycles. The molecule has 0 spiro atoms. The third-order valence-corrected chi connectivity index (χ3v) is 9.19. The summed E-state index contributed by atoms with van der Waals surface area (Å²) in [5.74, 6) is 2.46. The molecule has 0 unspecified atom stereocenters. The highest BCUT2D eigenvalue weighted by molar-refractivity contribution is 8.04. The molecule has 0 aliphatic carbocycles. The first-order valence-corrected chi connectivity index (χ1v) is 11.4. The van der Waals surface area contributed by atoms with E-state index < -0.39 is 7.26 Å². The van der Waals surface area contributed by atoms with Gasteiger partial charge in [-0.15, -0.1) is 11.8 Å². The Labute approximate surface area is 155 Å². The van der Waals surface area contributed by atoms with E-state index in [-0.39, 0.29) is 0 Å². The molecular weight excluding hydrogens is 341 g/mol. The lowest BCUT2D eigenvalue weighted by molar-refractivity contribution is 1.08. The quantitative estimate of drug-likeness (QED) is 0.652. The van der Waals surface area contributed by atoms with Gasteiger partial charge in [-0.05, 0) is 42.7 Å². The molecular formula is C22H23NPS+. The van der Waals surface area contributed by atoms with E-state index >= 15 is 0 Å². The fourth-order valence-electron chi connectivity index (χ4n) is 3.06. The molecule has 1 N–H and O–H groups in total. The van der Waals surface area contributed by atoms with Crippen LogP contribution in [0.2, 0.25) is 0 Å². The van der Waals surface area contributed by atoms with Crippen molar-refractivity contribution >= 4 is 34.9 Å². The SMILES string of the molecule is CN/C(=C\[P+](c1ccccc1)(c1ccccc1)c1ccccc1)SC. The van der Waals surface area contributed by atoms with Crippen LogP contribution in [0.25, 0.3) is 0 Å². The fourth-order valence-corrected chi connectivity index (χ4v) is 7.91. The average molecular weight is 364 g/mol. The number of rotatable bonds is 6. The van der Waals surface area contributed by atoms with Gasteiger partial charge >= 0.3 is 0 Å². The fraction of sp³-hybridized carbons (Fsp3) is 0.0909. The number of nitrogens with one attached hydrogen (secondary N) is 1. The Kier molecular flexibility index (Phi) is 5.96. The lowest BCUT2D eigenvalue weighted by Crippen LogP contribution is -2.30. The van der Waals surface area contributed by atoms with Crippen LogP contribution in [0.15, 0.2) is 102 Å². The van der Waals surface area contributed by atoms with E-state index in [0.29, 0.717) is 0 Å². The van der Waals surface area contributed by atoms with Crippen molar-refractivity contribution in [1.82, 2.24) is 5.32 Å². The number of hydrogen-bond acceptors (Lipinski definition) is 2. The Morgan fingerprint density at radius 3 is 1.36 bits per heavy atom. The molecule has 0 aromatic heterocycles. The maximum Gasteiger partial charge on any atom is 0.139 e. The number of benzene rings is 3. The van der Waals surface area contributed by atoms with Crippen LogP contribution >= 0.6 is 19.0 Å². The predicted molar refractivity (Wildman–Crippen MR) is 116 cm³/mol. The highest BCUT2D eigenvalue weighted by Gasteiger charge is 2.44. The summed E-state index contributed by atoms with van der Waals surface area (Å²) >= 11 is 1.76. The average Bonchev–Trinajstić information content (AvgIpc) is 2.71. The van der Waals surface area contributed by atoms with Crippen LogP contribution in [0.3, 0.4) is 0 Å². The predicted octanol–water partition coefficient (Wildman–Crippen LogP) is 4.36. The van der Waals surface area contributed by atoms with Crippen molar-refractivity contribution in [3.8, 4) is 0 Å². The summed E-state index contributed by atoms with van der Waals surface area (Å²) in [6.45, 7) is 0. The van der Waals surface area contributed by atoms with Gasteiger partial charge in [-0.25, -0.2) is 0 Å². The van der Waals surface area contributed by atoms with Crippen molar-refractivity contribution in [3.63, 3.8) is 0 Å². The Hall–Kier alpha value is -2.02. The summed E-state index contributed by atoms with van der Waals surface area (Å²) < 4.78 is 0. The largest absolute Gasteiger partial charge is 0.380 e. The van der Waals surface area contributed by atoms with Crippen molar-refractivity contribution in [2.75, 3.05) is 13.3 Å². The summed E-state index contributed by atoms with van der Waals surface area (Å²) in [4.78, 5) is 0. The van der Waals surface area contributed by atoms with E-state index in [9.17, 15) is 0 Å². The first kappa shape index (κ1) is 17.8. The molecule has 25 heavy (non-hydrogen) atoms. The minimum atomic E-state index is -1.89. The van der Waals surface area contributed by atoms with Gasteiger partial charge in [0.25, 0.3) is 0 Å². The van der Waals surface area contributed by atoms with Gasteiger partial charge in [0.1, 0.15) is 34.0 Å². The molecule has 0 amide bonds. The molecule has 0 atom stereocenters. The van der Waals surface area contributed by atoms with Gasteiger partial charge in [0.05, 0.1) is 0 Å². The topological polar surface area (TPSA) is 12.0 Å². The minimum Gasteiger partial charge on any atom is -0.380 e. The van der Waals surface area contributed by atoms with E-state index in [2.05, 4.69) is 108 Å². The molecule has 0 aliphatic heterocycles. The van der Waals surface area contributed by atoms with Gasteiger partial charge in [0, 0.05) is 7.05 Å². The molecule has 3 aromatic rings.